The zero-order valence-electron chi connectivity index (χ0n) is 8.55. The van der Waals surface area contributed by atoms with Crippen molar-refractivity contribution >= 4 is 0 Å². The van der Waals surface area contributed by atoms with E-state index in [4.69, 9.17) is 9.47 Å². The molecule has 0 unspecified atom stereocenters. The van der Waals surface area contributed by atoms with Gasteiger partial charge >= 0.3 is 0 Å². The highest BCUT2D eigenvalue weighted by Gasteiger charge is 2.17. The molecule has 0 radical (unpaired) electrons. The van der Waals surface area contributed by atoms with E-state index in [1.807, 2.05) is 7.05 Å². The normalized spacial score (nSPS) is 17.3. The molecule has 0 amide bonds. The lowest BCUT2D eigenvalue weighted by Crippen LogP contribution is -2.36. The van der Waals surface area contributed by atoms with Gasteiger partial charge in [0.25, 0.3) is 0 Å². The Morgan fingerprint density at radius 1 is 1.23 bits per heavy atom. The Morgan fingerprint density at radius 3 is 2.62 bits per heavy atom. The zero-order chi connectivity index (χ0) is 9.36. The van der Waals surface area contributed by atoms with Crippen LogP contribution in [0.2, 0.25) is 0 Å². The molecular weight excluding hydrogens is 166 g/mol. The molecule has 0 atom stereocenters. The van der Waals surface area contributed by atoms with Crippen LogP contribution in [0.3, 0.4) is 0 Å². The fourth-order valence-corrected chi connectivity index (χ4v) is 1.32. The fraction of sp³-hybridized carbons (Fsp3) is 1.00. The predicted molar refractivity (Wildman–Crippen MR) is 53.0 cm³/mol. The number of nitrogens with one attached hydrogen (secondary N) is 1. The highest BCUT2D eigenvalue weighted by molar-refractivity contribution is 4.63. The van der Waals surface area contributed by atoms with Crippen LogP contribution in [0.15, 0.2) is 0 Å². The average molecular weight is 187 g/mol. The van der Waals surface area contributed by atoms with Crippen LogP contribution in [-0.4, -0.2) is 39.5 Å². The largest absolute Gasteiger partial charge is 0.376 e. The minimum absolute atomic E-state index is 0.400. The Bertz CT molecular complexity index is 115. The predicted octanol–water partition coefficient (Wildman–Crippen LogP) is 1.18. The molecule has 1 heterocycles. The van der Waals surface area contributed by atoms with Gasteiger partial charge in [-0.15, -0.1) is 0 Å². The molecule has 0 bridgehead atoms. The average Bonchev–Trinajstić information content (AvgIpc) is 2.07. The second-order valence-corrected chi connectivity index (χ2v) is 3.55. The first-order valence-corrected chi connectivity index (χ1v) is 5.27. The number of unbranched alkanes of at least 4 members (excludes halogenated alkanes) is 3. The van der Waals surface area contributed by atoms with Gasteiger partial charge in [-0.1, -0.05) is 12.8 Å². The molecule has 1 saturated heterocycles. The SMILES string of the molecule is CNCCCCCCOC1COC1. The monoisotopic (exact) mass is 187 g/mol. The minimum atomic E-state index is 0.400. The van der Waals surface area contributed by atoms with Crippen molar-refractivity contribution in [3.05, 3.63) is 0 Å². The van der Waals surface area contributed by atoms with Gasteiger partial charge in [0.2, 0.25) is 0 Å². The van der Waals surface area contributed by atoms with Gasteiger partial charge in [0, 0.05) is 6.61 Å². The molecule has 78 valence electrons. The summed E-state index contributed by atoms with van der Waals surface area (Å²) in [5.41, 5.74) is 0. The van der Waals surface area contributed by atoms with Gasteiger partial charge in [0.15, 0.2) is 0 Å². The van der Waals surface area contributed by atoms with E-state index in [0.717, 1.165) is 26.4 Å². The molecule has 3 nitrogen and oxygen atoms in total. The molecule has 1 aliphatic heterocycles. The lowest BCUT2D eigenvalue weighted by atomic mass is 10.2. The van der Waals surface area contributed by atoms with Gasteiger partial charge in [-0.25, -0.2) is 0 Å². The quantitative estimate of drug-likeness (QED) is 0.579. The van der Waals surface area contributed by atoms with E-state index >= 15 is 0 Å². The van der Waals surface area contributed by atoms with Gasteiger partial charge in [-0.2, -0.15) is 0 Å². The molecule has 0 aromatic heterocycles. The van der Waals surface area contributed by atoms with E-state index in [2.05, 4.69) is 5.32 Å². The van der Waals surface area contributed by atoms with E-state index in [1.165, 1.54) is 25.7 Å². The van der Waals surface area contributed by atoms with E-state index in [9.17, 15) is 0 Å². The van der Waals surface area contributed by atoms with Crippen LogP contribution in [0.1, 0.15) is 25.7 Å². The molecule has 0 saturated carbocycles. The van der Waals surface area contributed by atoms with Gasteiger partial charge in [0.1, 0.15) is 6.10 Å². The lowest BCUT2D eigenvalue weighted by Gasteiger charge is -2.25. The molecule has 0 aromatic rings. The van der Waals surface area contributed by atoms with Crippen molar-refractivity contribution in [1.29, 1.82) is 0 Å². The first-order valence-electron chi connectivity index (χ1n) is 5.27. The Balaban J connectivity index is 1.68. The van der Waals surface area contributed by atoms with Crippen molar-refractivity contribution in [2.75, 3.05) is 33.4 Å². The zero-order valence-corrected chi connectivity index (χ0v) is 8.55. The third kappa shape index (κ3) is 5.24. The van der Waals surface area contributed by atoms with Gasteiger partial charge in [0.05, 0.1) is 13.2 Å². The summed E-state index contributed by atoms with van der Waals surface area (Å²) in [6.45, 7) is 3.66. The van der Waals surface area contributed by atoms with Crippen molar-refractivity contribution in [3.63, 3.8) is 0 Å². The van der Waals surface area contributed by atoms with E-state index in [1.54, 1.807) is 0 Å². The molecule has 1 N–H and O–H groups in total. The van der Waals surface area contributed by atoms with Gasteiger partial charge < -0.3 is 14.8 Å². The van der Waals surface area contributed by atoms with Crippen molar-refractivity contribution in [3.8, 4) is 0 Å². The summed E-state index contributed by atoms with van der Waals surface area (Å²) in [5, 5.41) is 3.15. The third-order valence-corrected chi connectivity index (χ3v) is 2.28. The molecule has 0 aliphatic carbocycles. The number of hydrogen-bond acceptors (Lipinski definition) is 3. The second kappa shape index (κ2) is 7.30. The Hall–Kier alpha value is -0.120. The third-order valence-electron chi connectivity index (χ3n) is 2.28. The van der Waals surface area contributed by atoms with E-state index in [-0.39, 0.29) is 0 Å². The Morgan fingerprint density at radius 2 is 2.00 bits per heavy atom. The van der Waals surface area contributed by atoms with Gasteiger partial charge in [-0.3, -0.25) is 0 Å². The first-order chi connectivity index (χ1) is 6.43. The van der Waals surface area contributed by atoms with Gasteiger partial charge in [-0.05, 0) is 26.4 Å². The number of ether oxygens (including phenoxy) is 2. The summed E-state index contributed by atoms with van der Waals surface area (Å²) in [7, 11) is 2.00. The first kappa shape index (κ1) is 11.0. The molecule has 3 heteroatoms. The van der Waals surface area contributed by atoms with Crippen LogP contribution < -0.4 is 5.32 Å². The number of hydrogen-bond donors (Lipinski definition) is 1. The van der Waals surface area contributed by atoms with Crippen molar-refractivity contribution in [2.45, 2.75) is 31.8 Å². The molecule has 1 aliphatic rings. The maximum absolute atomic E-state index is 5.54. The highest BCUT2D eigenvalue weighted by Crippen LogP contribution is 2.07. The second-order valence-electron chi connectivity index (χ2n) is 3.55. The van der Waals surface area contributed by atoms with Crippen molar-refractivity contribution in [2.24, 2.45) is 0 Å². The molecule has 13 heavy (non-hydrogen) atoms. The maximum Gasteiger partial charge on any atom is 0.104 e. The molecule has 0 spiro atoms. The molecule has 1 rings (SSSR count). The van der Waals surface area contributed by atoms with Crippen LogP contribution in [0, 0.1) is 0 Å². The van der Waals surface area contributed by atoms with E-state index < -0.39 is 0 Å². The molecular formula is C10H21NO2. The summed E-state index contributed by atoms with van der Waals surface area (Å²) in [5.74, 6) is 0. The standard InChI is InChI=1S/C10H21NO2/c1-11-6-4-2-3-5-7-13-10-8-12-9-10/h10-11H,2-9H2,1H3. The van der Waals surface area contributed by atoms with Crippen LogP contribution in [0.4, 0.5) is 0 Å². The summed E-state index contributed by atoms with van der Waals surface area (Å²) in [6.07, 6.45) is 5.47. The summed E-state index contributed by atoms with van der Waals surface area (Å²) < 4.78 is 10.6. The fourth-order valence-electron chi connectivity index (χ4n) is 1.32. The van der Waals surface area contributed by atoms with Crippen LogP contribution in [0.25, 0.3) is 0 Å². The number of rotatable bonds is 8. The summed E-state index contributed by atoms with van der Waals surface area (Å²) >= 11 is 0. The topological polar surface area (TPSA) is 30.5 Å². The van der Waals surface area contributed by atoms with Crippen LogP contribution >= 0.6 is 0 Å². The molecule has 0 aromatic carbocycles. The van der Waals surface area contributed by atoms with Crippen LogP contribution in [-0.2, 0) is 9.47 Å². The van der Waals surface area contributed by atoms with Crippen LogP contribution in [0.5, 0.6) is 0 Å². The highest BCUT2D eigenvalue weighted by atomic mass is 16.6. The lowest BCUT2D eigenvalue weighted by molar-refractivity contribution is -0.129. The minimum Gasteiger partial charge on any atom is -0.376 e. The maximum atomic E-state index is 5.54. The summed E-state index contributed by atoms with van der Waals surface area (Å²) in [4.78, 5) is 0. The Kier molecular flexibility index (Phi) is 6.15. The van der Waals surface area contributed by atoms with Crippen molar-refractivity contribution < 1.29 is 9.47 Å². The summed E-state index contributed by atoms with van der Waals surface area (Å²) in [6, 6.07) is 0. The molecule has 1 fully saturated rings. The van der Waals surface area contributed by atoms with Crippen molar-refractivity contribution in [1.82, 2.24) is 5.32 Å². The Labute approximate surface area is 80.8 Å². The van der Waals surface area contributed by atoms with E-state index in [0.29, 0.717) is 6.10 Å². The smallest absolute Gasteiger partial charge is 0.104 e.